The standard InChI is InChI=1S/C12H22N2O/c1-2-12(5-6-12)9-14-11(15)10-4-3-7-13-8-10/h10,13H,2-9H2,1H3,(H,14,15)/t10-/m1/s1. The summed E-state index contributed by atoms with van der Waals surface area (Å²) in [5.74, 6) is 0.480. The number of hydrogen-bond donors (Lipinski definition) is 2. The van der Waals surface area contributed by atoms with Crippen LogP contribution in [0.1, 0.15) is 39.0 Å². The molecular formula is C12H22N2O. The number of carbonyl (C=O) groups is 1. The predicted octanol–water partition coefficient (Wildman–Crippen LogP) is 1.29. The van der Waals surface area contributed by atoms with Crippen LogP contribution >= 0.6 is 0 Å². The molecule has 0 radical (unpaired) electrons. The van der Waals surface area contributed by atoms with E-state index in [1.807, 2.05) is 0 Å². The third-order valence-electron chi connectivity index (χ3n) is 4.01. The van der Waals surface area contributed by atoms with Crippen LogP contribution in [0.25, 0.3) is 0 Å². The second-order valence-electron chi connectivity index (χ2n) is 5.11. The third-order valence-corrected chi connectivity index (χ3v) is 4.01. The van der Waals surface area contributed by atoms with Crippen LogP contribution in [0.5, 0.6) is 0 Å². The van der Waals surface area contributed by atoms with Crippen LogP contribution in [0.2, 0.25) is 0 Å². The highest BCUT2D eigenvalue weighted by molar-refractivity contribution is 5.79. The Morgan fingerprint density at radius 2 is 2.33 bits per heavy atom. The van der Waals surface area contributed by atoms with E-state index >= 15 is 0 Å². The van der Waals surface area contributed by atoms with E-state index < -0.39 is 0 Å². The third kappa shape index (κ3) is 2.71. The molecule has 0 aromatic heterocycles. The molecule has 86 valence electrons. The molecule has 2 rings (SSSR count). The highest BCUT2D eigenvalue weighted by atomic mass is 16.1. The minimum atomic E-state index is 0.214. The van der Waals surface area contributed by atoms with Gasteiger partial charge >= 0.3 is 0 Å². The molecule has 0 unspecified atom stereocenters. The molecule has 3 nitrogen and oxygen atoms in total. The molecule has 1 saturated heterocycles. The van der Waals surface area contributed by atoms with Gasteiger partial charge in [-0.1, -0.05) is 6.92 Å². The van der Waals surface area contributed by atoms with Gasteiger partial charge in [-0.15, -0.1) is 0 Å². The molecule has 2 fully saturated rings. The Morgan fingerprint density at radius 3 is 2.87 bits per heavy atom. The van der Waals surface area contributed by atoms with Gasteiger partial charge in [0.15, 0.2) is 0 Å². The fraction of sp³-hybridized carbons (Fsp3) is 0.917. The Kier molecular flexibility index (Phi) is 3.29. The maximum Gasteiger partial charge on any atom is 0.224 e. The van der Waals surface area contributed by atoms with Gasteiger partial charge in [0.1, 0.15) is 0 Å². The van der Waals surface area contributed by atoms with E-state index in [4.69, 9.17) is 0 Å². The van der Waals surface area contributed by atoms with Gasteiger partial charge in [0.25, 0.3) is 0 Å². The summed E-state index contributed by atoms with van der Waals surface area (Å²) in [4.78, 5) is 11.8. The van der Waals surface area contributed by atoms with Crippen molar-refractivity contribution in [2.75, 3.05) is 19.6 Å². The number of hydrogen-bond acceptors (Lipinski definition) is 2. The van der Waals surface area contributed by atoms with E-state index in [-0.39, 0.29) is 11.8 Å². The van der Waals surface area contributed by atoms with Gasteiger partial charge in [-0.05, 0) is 44.1 Å². The van der Waals surface area contributed by atoms with Gasteiger partial charge in [0.2, 0.25) is 5.91 Å². The normalized spacial score (nSPS) is 28.5. The second kappa shape index (κ2) is 4.52. The first kappa shape index (κ1) is 10.9. The molecule has 0 spiro atoms. The van der Waals surface area contributed by atoms with Gasteiger partial charge < -0.3 is 10.6 Å². The van der Waals surface area contributed by atoms with Crippen molar-refractivity contribution in [2.45, 2.75) is 39.0 Å². The van der Waals surface area contributed by atoms with E-state index in [9.17, 15) is 4.79 Å². The van der Waals surface area contributed by atoms with Crippen LogP contribution in [-0.4, -0.2) is 25.5 Å². The first-order chi connectivity index (χ1) is 7.26. The molecule has 15 heavy (non-hydrogen) atoms. The number of rotatable bonds is 4. The van der Waals surface area contributed by atoms with Crippen molar-refractivity contribution < 1.29 is 4.79 Å². The van der Waals surface area contributed by atoms with E-state index in [2.05, 4.69) is 17.6 Å². The zero-order valence-electron chi connectivity index (χ0n) is 9.64. The van der Waals surface area contributed by atoms with E-state index in [1.54, 1.807) is 0 Å². The van der Waals surface area contributed by atoms with Crippen LogP contribution in [0.15, 0.2) is 0 Å². The van der Waals surface area contributed by atoms with Crippen molar-refractivity contribution in [1.29, 1.82) is 0 Å². The van der Waals surface area contributed by atoms with Crippen LogP contribution in [0.4, 0.5) is 0 Å². The van der Waals surface area contributed by atoms with E-state index in [0.717, 1.165) is 32.5 Å². The van der Waals surface area contributed by atoms with Crippen molar-refractivity contribution in [1.82, 2.24) is 10.6 Å². The molecule has 0 bridgehead atoms. The molecule has 1 aliphatic heterocycles. The summed E-state index contributed by atoms with van der Waals surface area (Å²) in [7, 11) is 0. The Hall–Kier alpha value is -0.570. The summed E-state index contributed by atoms with van der Waals surface area (Å²) in [6.45, 7) is 5.06. The van der Waals surface area contributed by atoms with Gasteiger partial charge in [-0.3, -0.25) is 4.79 Å². The lowest BCUT2D eigenvalue weighted by atomic mass is 9.98. The smallest absolute Gasteiger partial charge is 0.224 e. The fourth-order valence-corrected chi connectivity index (χ4v) is 2.33. The maximum absolute atomic E-state index is 11.8. The molecule has 1 atom stereocenters. The Bertz CT molecular complexity index is 230. The van der Waals surface area contributed by atoms with E-state index in [1.165, 1.54) is 19.3 Å². The van der Waals surface area contributed by atoms with Crippen LogP contribution in [0, 0.1) is 11.3 Å². The Morgan fingerprint density at radius 1 is 1.53 bits per heavy atom. The molecule has 3 heteroatoms. The fourth-order valence-electron chi connectivity index (χ4n) is 2.33. The van der Waals surface area contributed by atoms with Gasteiger partial charge in [-0.2, -0.15) is 0 Å². The minimum Gasteiger partial charge on any atom is -0.355 e. The average molecular weight is 210 g/mol. The molecule has 1 amide bonds. The summed E-state index contributed by atoms with van der Waals surface area (Å²) in [6, 6.07) is 0. The molecule has 1 aliphatic carbocycles. The summed E-state index contributed by atoms with van der Waals surface area (Å²) in [6.07, 6.45) is 5.99. The lowest BCUT2D eigenvalue weighted by molar-refractivity contribution is -0.125. The van der Waals surface area contributed by atoms with Crippen LogP contribution in [0.3, 0.4) is 0 Å². The molecule has 2 N–H and O–H groups in total. The summed E-state index contributed by atoms with van der Waals surface area (Å²) < 4.78 is 0. The average Bonchev–Trinajstić information content (AvgIpc) is 3.08. The van der Waals surface area contributed by atoms with Crippen molar-refractivity contribution in [3.8, 4) is 0 Å². The molecule has 0 aromatic rings. The van der Waals surface area contributed by atoms with Crippen molar-refractivity contribution >= 4 is 5.91 Å². The molecular weight excluding hydrogens is 188 g/mol. The minimum absolute atomic E-state index is 0.214. The van der Waals surface area contributed by atoms with Crippen molar-refractivity contribution in [3.63, 3.8) is 0 Å². The lowest BCUT2D eigenvalue weighted by Crippen LogP contribution is -2.42. The molecule has 0 aromatic carbocycles. The Labute approximate surface area is 92.0 Å². The largest absolute Gasteiger partial charge is 0.355 e. The first-order valence-corrected chi connectivity index (χ1v) is 6.24. The van der Waals surface area contributed by atoms with Crippen LogP contribution in [-0.2, 0) is 4.79 Å². The predicted molar refractivity (Wildman–Crippen MR) is 60.6 cm³/mol. The van der Waals surface area contributed by atoms with Gasteiger partial charge in [0, 0.05) is 13.1 Å². The zero-order chi connectivity index (χ0) is 10.7. The van der Waals surface area contributed by atoms with Crippen LogP contribution < -0.4 is 10.6 Å². The number of piperidine rings is 1. The highest BCUT2D eigenvalue weighted by Crippen LogP contribution is 2.47. The maximum atomic E-state index is 11.8. The molecule has 1 heterocycles. The quantitative estimate of drug-likeness (QED) is 0.734. The monoisotopic (exact) mass is 210 g/mol. The first-order valence-electron chi connectivity index (χ1n) is 6.24. The molecule has 1 saturated carbocycles. The number of carbonyl (C=O) groups excluding carboxylic acids is 1. The second-order valence-corrected chi connectivity index (χ2v) is 5.11. The number of amides is 1. The lowest BCUT2D eigenvalue weighted by Gasteiger charge is -2.23. The number of nitrogens with one attached hydrogen (secondary N) is 2. The summed E-state index contributed by atoms with van der Waals surface area (Å²) in [5, 5.41) is 6.41. The van der Waals surface area contributed by atoms with Crippen molar-refractivity contribution in [2.24, 2.45) is 11.3 Å². The van der Waals surface area contributed by atoms with E-state index in [0.29, 0.717) is 5.41 Å². The Balaban J connectivity index is 1.72. The van der Waals surface area contributed by atoms with Crippen molar-refractivity contribution in [3.05, 3.63) is 0 Å². The highest BCUT2D eigenvalue weighted by Gasteiger charge is 2.40. The summed E-state index contributed by atoms with van der Waals surface area (Å²) in [5.41, 5.74) is 0.470. The molecule has 2 aliphatic rings. The SMILES string of the molecule is CCC1(CNC(=O)[C@@H]2CCCNC2)CC1. The zero-order valence-corrected chi connectivity index (χ0v) is 9.64. The van der Waals surface area contributed by atoms with Gasteiger partial charge in [-0.25, -0.2) is 0 Å². The van der Waals surface area contributed by atoms with Gasteiger partial charge in [0.05, 0.1) is 5.92 Å². The summed E-state index contributed by atoms with van der Waals surface area (Å²) >= 11 is 0. The topological polar surface area (TPSA) is 41.1 Å².